The van der Waals surface area contributed by atoms with E-state index in [1.807, 2.05) is 65.2 Å². The Kier molecular flexibility index (Phi) is 22.1. The topological polar surface area (TPSA) is 258 Å². The van der Waals surface area contributed by atoms with E-state index in [1.165, 1.54) is 33.8 Å². The molecule has 0 atom stereocenters. The molecule has 0 unspecified atom stereocenters. The van der Waals surface area contributed by atoms with Crippen LogP contribution in [0.4, 0.5) is 0 Å². The van der Waals surface area contributed by atoms with Crippen molar-refractivity contribution in [3.63, 3.8) is 0 Å². The Balaban J connectivity index is 0.000000311. The number of benzene rings is 2. The number of sulfonamides is 4. The maximum atomic E-state index is 13.7. The number of rotatable bonds is 20. The van der Waals surface area contributed by atoms with Crippen LogP contribution in [0.15, 0.2) is 68.1 Å². The zero-order chi connectivity index (χ0) is 64.5. The molecule has 0 spiro atoms. The molecule has 18 nitrogen and oxygen atoms in total. The highest BCUT2D eigenvalue weighted by molar-refractivity contribution is 7.90. The first-order valence-electron chi connectivity index (χ1n) is 29.7. The standard InChI is InChI=1S/C32H51N3O6S2.C31H49N3O6S2/c1-22-28(42(37,38)33-21-32(8,9)29(36)41-10)19-26(35(22)20-23-14-12-11-13-15-23)24-16-17-27(25(18-24)30(2,3)4)43(39,40)34-31(5,6)7;1-21-27(41(37,38)32-20-31(8,9)28(35)36)18-25(34(21)19-22-13-11-10-12-14-22)23-15-16-26(24(17-23)29(2,3)4)42(39,40)33-30(5,6)7/h16-19,23,33-34H,11-15,20-21H2,1-10H3;15-18,22,32-33H,10-14,19-20H2,1-9H3,(H,35,36). The quantitative estimate of drug-likeness (QED) is 0.0518. The van der Waals surface area contributed by atoms with Gasteiger partial charge >= 0.3 is 11.9 Å². The lowest BCUT2D eigenvalue weighted by Gasteiger charge is -2.27. The van der Waals surface area contributed by atoms with Gasteiger partial charge in [0.05, 0.1) is 27.7 Å². The first-order chi connectivity index (χ1) is 38.6. The van der Waals surface area contributed by atoms with Crippen LogP contribution in [0.2, 0.25) is 0 Å². The molecule has 4 aromatic rings. The number of ether oxygens (including phenoxy) is 1. The van der Waals surface area contributed by atoms with Gasteiger partial charge in [-0.3, -0.25) is 9.59 Å². The summed E-state index contributed by atoms with van der Waals surface area (Å²) in [6.07, 6.45) is 11.3. The van der Waals surface area contributed by atoms with E-state index < -0.39 is 84.8 Å². The van der Waals surface area contributed by atoms with Crippen molar-refractivity contribution in [1.82, 2.24) is 28.0 Å². The molecule has 22 heteroatoms. The van der Waals surface area contributed by atoms with Crippen molar-refractivity contribution in [3.05, 3.63) is 71.0 Å². The van der Waals surface area contributed by atoms with Crippen molar-refractivity contribution >= 4 is 52.0 Å². The molecule has 2 aromatic heterocycles. The predicted molar refractivity (Wildman–Crippen MR) is 337 cm³/mol. The number of nitrogens with one attached hydrogen (secondary N) is 4. The molecule has 478 valence electrons. The molecular formula is C63H100N6O12S4. The molecule has 85 heavy (non-hydrogen) atoms. The molecule has 2 fully saturated rings. The van der Waals surface area contributed by atoms with Gasteiger partial charge in [-0.2, -0.15) is 0 Å². The van der Waals surface area contributed by atoms with Gasteiger partial charge in [0, 0.05) is 60.0 Å². The molecule has 2 saturated carbocycles. The van der Waals surface area contributed by atoms with Crippen LogP contribution in [0, 0.1) is 36.5 Å². The highest BCUT2D eigenvalue weighted by Gasteiger charge is 2.37. The molecule has 2 aliphatic carbocycles. The highest BCUT2D eigenvalue weighted by atomic mass is 32.2. The van der Waals surface area contributed by atoms with Gasteiger partial charge in [0.1, 0.15) is 9.79 Å². The second-order valence-electron chi connectivity index (χ2n) is 29.0. The maximum absolute atomic E-state index is 13.7. The van der Waals surface area contributed by atoms with E-state index in [-0.39, 0.29) is 32.7 Å². The molecule has 2 aliphatic rings. The van der Waals surface area contributed by atoms with E-state index >= 15 is 0 Å². The summed E-state index contributed by atoms with van der Waals surface area (Å²) in [6.45, 7) is 33.3. The zero-order valence-electron chi connectivity index (χ0n) is 54.1. The molecule has 0 aliphatic heterocycles. The average molecular weight is 1260 g/mol. The maximum Gasteiger partial charge on any atom is 0.312 e. The minimum absolute atomic E-state index is 0.0953. The number of aromatic nitrogens is 2. The van der Waals surface area contributed by atoms with Crippen molar-refractivity contribution in [2.45, 2.75) is 243 Å². The Bertz CT molecular complexity index is 3520. The fourth-order valence-corrected chi connectivity index (χ4v) is 17.6. The fraction of sp³-hybridized carbons (Fsp3) is 0.651. The summed E-state index contributed by atoms with van der Waals surface area (Å²) < 4.78 is 128. The van der Waals surface area contributed by atoms with Crippen molar-refractivity contribution in [3.8, 4) is 22.5 Å². The lowest BCUT2D eigenvalue weighted by molar-refractivity contribution is -0.150. The zero-order valence-corrected chi connectivity index (χ0v) is 57.4. The number of methoxy groups -OCH3 is 1. The van der Waals surface area contributed by atoms with Crippen LogP contribution in [0.3, 0.4) is 0 Å². The highest BCUT2D eigenvalue weighted by Crippen LogP contribution is 2.40. The summed E-state index contributed by atoms with van der Waals surface area (Å²) in [6, 6.07) is 13.8. The Morgan fingerprint density at radius 3 is 1.12 bits per heavy atom. The smallest absolute Gasteiger partial charge is 0.312 e. The Labute approximate surface area is 510 Å². The van der Waals surface area contributed by atoms with E-state index in [0.29, 0.717) is 58.8 Å². The summed E-state index contributed by atoms with van der Waals surface area (Å²) in [7, 11) is -14.4. The van der Waals surface area contributed by atoms with E-state index in [1.54, 1.807) is 98.7 Å². The van der Waals surface area contributed by atoms with Crippen molar-refractivity contribution < 1.29 is 53.1 Å². The number of carboxylic acids is 1. The van der Waals surface area contributed by atoms with Crippen LogP contribution in [0.1, 0.15) is 198 Å². The Morgan fingerprint density at radius 2 is 0.824 bits per heavy atom. The van der Waals surface area contributed by atoms with E-state index in [2.05, 4.69) is 23.5 Å². The van der Waals surface area contributed by atoms with E-state index in [9.17, 15) is 48.4 Å². The van der Waals surface area contributed by atoms with Crippen molar-refractivity contribution in [1.29, 1.82) is 0 Å². The van der Waals surface area contributed by atoms with Crippen LogP contribution < -0.4 is 18.9 Å². The second-order valence-corrected chi connectivity index (χ2v) is 35.8. The Hall–Kier alpha value is -4.42. The van der Waals surface area contributed by atoms with Gasteiger partial charge < -0.3 is 19.0 Å². The number of carbonyl (C=O) groups is 2. The molecule has 0 radical (unpaired) electrons. The van der Waals surface area contributed by atoms with Crippen LogP contribution in [-0.4, -0.2) is 91.1 Å². The average Bonchev–Trinajstić information content (AvgIpc) is 4.18. The van der Waals surface area contributed by atoms with Crippen LogP contribution >= 0.6 is 0 Å². The van der Waals surface area contributed by atoms with Crippen LogP contribution in [0.25, 0.3) is 22.5 Å². The number of hydrogen-bond donors (Lipinski definition) is 5. The first kappa shape index (κ1) is 71.3. The molecule has 2 aromatic carbocycles. The normalized spacial score (nSPS) is 16.0. The molecule has 0 saturated heterocycles. The minimum atomic E-state index is -4.04. The number of aliphatic carboxylic acids is 1. The van der Waals surface area contributed by atoms with Crippen LogP contribution in [0.5, 0.6) is 0 Å². The summed E-state index contributed by atoms with van der Waals surface area (Å²) in [5, 5.41) is 9.49. The third-order valence-electron chi connectivity index (χ3n) is 15.9. The number of carboxylic acid groups (broad SMARTS) is 1. The van der Waals surface area contributed by atoms with Gasteiger partial charge in [-0.25, -0.2) is 52.6 Å². The minimum Gasteiger partial charge on any atom is -0.481 e. The monoisotopic (exact) mass is 1260 g/mol. The number of esters is 1. The third-order valence-corrected chi connectivity index (χ3v) is 22.6. The molecule has 0 bridgehead atoms. The fourth-order valence-electron chi connectivity index (χ4n) is 11.1. The summed E-state index contributed by atoms with van der Waals surface area (Å²) in [4.78, 5) is 24.4. The van der Waals surface area contributed by atoms with Crippen molar-refractivity contribution in [2.24, 2.45) is 22.7 Å². The van der Waals surface area contributed by atoms with Crippen LogP contribution in [-0.2, 0) is 78.3 Å². The van der Waals surface area contributed by atoms with Gasteiger partial charge in [-0.1, -0.05) is 92.2 Å². The number of carbonyl (C=O) groups excluding carboxylic acids is 1. The van der Waals surface area contributed by atoms with Crippen molar-refractivity contribution in [2.75, 3.05) is 20.2 Å². The van der Waals surface area contributed by atoms with Gasteiger partial charge in [0.15, 0.2) is 0 Å². The van der Waals surface area contributed by atoms with Gasteiger partial charge in [-0.05, 0) is 190 Å². The van der Waals surface area contributed by atoms with E-state index in [4.69, 9.17) is 4.74 Å². The van der Waals surface area contributed by atoms with Gasteiger partial charge in [-0.15, -0.1) is 0 Å². The number of hydrogen-bond acceptors (Lipinski definition) is 11. The van der Waals surface area contributed by atoms with Gasteiger partial charge in [0.2, 0.25) is 40.1 Å². The first-order valence-corrected chi connectivity index (χ1v) is 35.7. The molecule has 5 N–H and O–H groups in total. The largest absolute Gasteiger partial charge is 0.481 e. The lowest BCUT2D eigenvalue weighted by atomic mass is 9.85. The third kappa shape index (κ3) is 18.3. The second kappa shape index (κ2) is 26.3. The Morgan fingerprint density at radius 1 is 0.494 bits per heavy atom. The molecule has 2 heterocycles. The number of nitrogens with zero attached hydrogens (tertiary/aromatic N) is 2. The summed E-state index contributed by atoms with van der Waals surface area (Å²) in [5.74, 6) is -0.787. The SMILES string of the molecule is COC(=O)C(C)(C)CNS(=O)(=O)c1cc(-c2ccc(S(=O)(=O)NC(C)(C)C)c(C(C)(C)C)c2)n(CC2CCCCC2)c1C.Cc1c(S(=O)(=O)NCC(C)(C)C(=O)O)cc(-c2ccc(S(=O)(=O)NC(C)(C)C)c(C(C)(C)C)c2)n1CC1CCCCC1. The van der Waals surface area contributed by atoms with Gasteiger partial charge in [0.25, 0.3) is 0 Å². The molecular weight excluding hydrogens is 1160 g/mol. The summed E-state index contributed by atoms with van der Waals surface area (Å²) in [5.41, 5.74) is 0.645. The molecule has 6 rings (SSSR count). The van der Waals surface area contributed by atoms with E-state index in [0.717, 1.165) is 62.5 Å². The summed E-state index contributed by atoms with van der Waals surface area (Å²) >= 11 is 0. The molecule has 0 amide bonds. The predicted octanol–water partition coefficient (Wildman–Crippen LogP) is 11.7. The lowest BCUT2D eigenvalue weighted by Crippen LogP contribution is -2.41.